The van der Waals surface area contributed by atoms with Crippen molar-refractivity contribution in [3.05, 3.63) is 59.5 Å². The molecule has 8 heteroatoms. The average molecular weight is 327 g/mol. The molecule has 2 aromatic heterocycles. The Kier molecular flexibility index (Phi) is 4.02. The van der Waals surface area contributed by atoms with Crippen LogP contribution in [0.2, 0.25) is 0 Å². The van der Waals surface area contributed by atoms with E-state index in [0.29, 0.717) is 16.7 Å². The summed E-state index contributed by atoms with van der Waals surface area (Å²) in [4.78, 5) is 23.5. The first-order valence-electron chi connectivity index (χ1n) is 6.88. The van der Waals surface area contributed by atoms with Gasteiger partial charge in [-0.25, -0.2) is 5.43 Å². The number of hydrogen-bond acceptors (Lipinski definition) is 6. The van der Waals surface area contributed by atoms with Gasteiger partial charge in [-0.1, -0.05) is 0 Å². The van der Waals surface area contributed by atoms with Gasteiger partial charge in [0.25, 0.3) is 5.91 Å². The van der Waals surface area contributed by atoms with E-state index in [0.717, 1.165) is 0 Å². The third-order valence-corrected chi connectivity index (χ3v) is 3.23. The fourth-order valence-corrected chi connectivity index (χ4v) is 2.05. The van der Waals surface area contributed by atoms with E-state index in [1.54, 1.807) is 24.3 Å². The molecule has 0 unspecified atom stereocenters. The van der Waals surface area contributed by atoms with Crippen LogP contribution in [-0.4, -0.2) is 18.9 Å². The number of primary amides is 1. The second-order valence-corrected chi connectivity index (χ2v) is 4.76. The van der Waals surface area contributed by atoms with Crippen LogP contribution in [0.5, 0.6) is 5.75 Å². The van der Waals surface area contributed by atoms with Crippen LogP contribution in [0.3, 0.4) is 0 Å². The summed E-state index contributed by atoms with van der Waals surface area (Å²) in [5.74, 6) is -0.677. The Morgan fingerprint density at radius 3 is 2.75 bits per heavy atom. The predicted molar refractivity (Wildman–Crippen MR) is 83.0 cm³/mol. The van der Waals surface area contributed by atoms with Crippen LogP contribution in [0.1, 0.15) is 20.9 Å². The van der Waals surface area contributed by atoms with Gasteiger partial charge in [0.15, 0.2) is 5.76 Å². The molecule has 0 atom stereocenters. The number of methoxy groups -OCH3 is 1. The Labute approximate surface area is 135 Å². The highest BCUT2D eigenvalue weighted by atomic mass is 16.5. The van der Waals surface area contributed by atoms with E-state index in [4.69, 9.17) is 19.3 Å². The largest absolute Gasteiger partial charge is 0.497 e. The Balaban J connectivity index is 2.06. The van der Waals surface area contributed by atoms with Crippen LogP contribution in [-0.2, 0) is 0 Å². The lowest BCUT2D eigenvalue weighted by Gasteiger charge is -2.04. The molecule has 0 radical (unpaired) electrons. The van der Waals surface area contributed by atoms with E-state index in [-0.39, 0.29) is 16.9 Å². The molecule has 8 nitrogen and oxygen atoms in total. The lowest BCUT2D eigenvalue weighted by atomic mass is 10.1. The van der Waals surface area contributed by atoms with Gasteiger partial charge in [0.05, 0.1) is 13.4 Å². The topological polar surface area (TPSA) is 120 Å². The Hall–Kier alpha value is -3.55. The summed E-state index contributed by atoms with van der Waals surface area (Å²) >= 11 is 0. The van der Waals surface area contributed by atoms with Crippen molar-refractivity contribution < 1.29 is 23.2 Å². The van der Waals surface area contributed by atoms with Gasteiger partial charge in [0.2, 0.25) is 5.55 Å². The monoisotopic (exact) mass is 327 g/mol. The fraction of sp³-hybridized carbons (Fsp3) is 0.0625. The molecule has 0 bridgehead atoms. The van der Waals surface area contributed by atoms with E-state index in [1.165, 1.54) is 25.5 Å². The first-order valence-corrected chi connectivity index (χ1v) is 6.88. The number of rotatable bonds is 4. The molecule has 0 spiro atoms. The number of ether oxygens (including phenoxy) is 1. The van der Waals surface area contributed by atoms with Crippen LogP contribution in [0, 0.1) is 0 Å². The highest BCUT2D eigenvalue weighted by molar-refractivity contribution is 5.95. The van der Waals surface area contributed by atoms with Gasteiger partial charge in [0.1, 0.15) is 16.9 Å². The Morgan fingerprint density at radius 2 is 2.08 bits per heavy atom. The van der Waals surface area contributed by atoms with Gasteiger partial charge in [-0.15, -0.1) is 5.10 Å². The summed E-state index contributed by atoms with van der Waals surface area (Å²) in [6.07, 6.45) is 1.36. The smallest absolute Gasteiger partial charge is 0.307 e. The van der Waals surface area contributed by atoms with E-state index >= 15 is 0 Å². The second-order valence-electron chi connectivity index (χ2n) is 4.76. The first kappa shape index (κ1) is 15.3. The SMILES string of the molecule is COc1ccc2cc(C(N)=O)/c(=N\NC(=O)c3ccco3)oc2c1. The van der Waals surface area contributed by atoms with E-state index in [1.807, 2.05) is 0 Å². The zero-order valence-electron chi connectivity index (χ0n) is 12.6. The van der Waals surface area contributed by atoms with Gasteiger partial charge < -0.3 is 19.3 Å². The summed E-state index contributed by atoms with van der Waals surface area (Å²) in [5, 5.41) is 4.46. The number of carbonyl (C=O) groups excluding carboxylic acids is 2. The number of carbonyl (C=O) groups is 2. The maximum absolute atomic E-state index is 11.8. The maximum atomic E-state index is 11.8. The van der Waals surface area contributed by atoms with Crippen LogP contribution in [0.15, 0.2) is 56.6 Å². The highest BCUT2D eigenvalue weighted by Crippen LogP contribution is 2.20. The zero-order valence-corrected chi connectivity index (χ0v) is 12.6. The number of furan rings is 1. The molecule has 0 aliphatic heterocycles. The molecular weight excluding hydrogens is 314 g/mol. The molecule has 2 heterocycles. The normalized spacial score (nSPS) is 11.5. The number of nitrogens with one attached hydrogen (secondary N) is 1. The molecular formula is C16H13N3O5. The molecule has 0 aliphatic carbocycles. The molecule has 0 saturated carbocycles. The van der Waals surface area contributed by atoms with Gasteiger partial charge >= 0.3 is 5.91 Å². The van der Waals surface area contributed by atoms with Gasteiger partial charge in [0, 0.05) is 11.5 Å². The summed E-state index contributed by atoms with van der Waals surface area (Å²) in [5.41, 5.74) is 7.93. The molecule has 0 fully saturated rings. The maximum Gasteiger partial charge on any atom is 0.307 e. The summed E-state index contributed by atoms with van der Waals surface area (Å²) in [6, 6.07) is 9.64. The molecule has 3 aromatic rings. The molecule has 0 aliphatic rings. The minimum atomic E-state index is -0.734. The van der Waals surface area contributed by atoms with Crippen molar-refractivity contribution in [2.45, 2.75) is 0 Å². The standard InChI is InChI=1S/C16H13N3O5/c1-22-10-5-4-9-7-11(14(17)20)16(24-13(9)8-10)19-18-15(21)12-3-2-6-23-12/h2-8H,1H3,(H2,17,20)(H,18,21)/b19-16+. The van der Waals surface area contributed by atoms with Crippen LogP contribution in [0.4, 0.5) is 0 Å². The molecule has 3 rings (SSSR count). The highest BCUT2D eigenvalue weighted by Gasteiger charge is 2.12. The predicted octanol–water partition coefficient (Wildman–Crippen LogP) is 1.38. The number of nitrogens with zero attached hydrogens (tertiary/aromatic N) is 1. The minimum Gasteiger partial charge on any atom is -0.497 e. The Bertz CT molecular complexity index is 973. The van der Waals surface area contributed by atoms with Crippen molar-refractivity contribution >= 4 is 22.8 Å². The fourth-order valence-electron chi connectivity index (χ4n) is 2.05. The lowest BCUT2D eigenvalue weighted by molar-refractivity contribution is 0.0920. The van der Waals surface area contributed by atoms with E-state index in [9.17, 15) is 9.59 Å². The van der Waals surface area contributed by atoms with Crippen molar-refractivity contribution in [1.82, 2.24) is 5.43 Å². The van der Waals surface area contributed by atoms with Gasteiger partial charge in [-0.3, -0.25) is 9.59 Å². The molecule has 3 N–H and O–H groups in total. The average Bonchev–Trinajstić information content (AvgIpc) is 3.12. The van der Waals surface area contributed by atoms with E-state index < -0.39 is 11.8 Å². The number of nitrogens with two attached hydrogens (primary N) is 1. The number of benzene rings is 1. The number of hydrogen-bond donors (Lipinski definition) is 2. The molecule has 2 amide bonds. The van der Waals surface area contributed by atoms with Crippen LogP contribution < -0.4 is 21.5 Å². The van der Waals surface area contributed by atoms with Gasteiger partial charge in [-0.2, -0.15) is 0 Å². The summed E-state index contributed by atoms with van der Waals surface area (Å²) in [6.45, 7) is 0. The third-order valence-electron chi connectivity index (χ3n) is 3.23. The van der Waals surface area contributed by atoms with Crippen molar-refractivity contribution in [3.63, 3.8) is 0 Å². The Morgan fingerprint density at radius 1 is 1.25 bits per heavy atom. The van der Waals surface area contributed by atoms with Crippen molar-refractivity contribution in [2.24, 2.45) is 10.8 Å². The minimum absolute atomic E-state index is 0.0346. The van der Waals surface area contributed by atoms with Crippen molar-refractivity contribution in [2.75, 3.05) is 7.11 Å². The van der Waals surface area contributed by atoms with Crippen LogP contribution in [0.25, 0.3) is 11.0 Å². The van der Waals surface area contributed by atoms with Gasteiger partial charge in [-0.05, 0) is 30.3 Å². The number of fused-ring (bicyclic) bond motifs is 1. The number of amides is 2. The van der Waals surface area contributed by atoms with Crippen molar-refractivity contribution in [1.29, 1.82) is 0 Å². The first-order chi connectivity index (χ1) is 11.6. The third kappa shape index (κ3) is 2.98. The quantitative estimate of drug-likeness (QED) is 0.701. The second kappa shape index (κ2) is 6.29. The molecule has 24 heavy (non-hydrogen) atoms. The summed E-state index contributed by atoms with van der Waals surface area (Å²) in [7, 11) is 1.52. The molecule has 122 valence electrons. The summed E-state index contributed by atoms with van der Waals surface area (Å²) < 4.78 is 15.6. The zero-order chi connectivity index (χ0) is 17.1. The molecule has 0 saturated heterocycles. The van der Waals surface area contributed by atoms with Crippen LogP contribution >= 0.6 is 0 Å². The molecule has 1 aromatic carbocycles. The lowest BCUT2D eigenvalue weighted by Crippen LogP contribution is -2.26. The van der Waals surface area contributed by atoms with E-state index in [2.05, 4.69) is 10.5 Å². The van der Waals surface area contributed by atoms with Crippen molar-refractivity contribution in [3.8, 4) is 5.75 Å².